The van der Waals surface area contributed by atoms with Crippen LogP contribution in [-0.4, -0.2) is 68.8 Å². The van der Waals surface area contributed by atoms with Gasteiger partial charge < -0.3 is 19.7 Å². The fourth-order valence-corrected chi connectivity index (χ4v) is 5.53. The molecule has 0 saturated carbocycles. The number of rotatable bonds is 4. The zero-order valence-electron chi connectivity index (χ0n) is 18.1. The number of methoxy groups -OCH3 is 1. The number of benzene rings is 2. The molecule has 2 aliphatic heterocycles. The van der Waals surface area contributed by atoms with E-state index in [1.54, 1.807) is 49.1 Å². The van der Waals surface area contributed by atoms with Gasteiger partial charge in [0.2, 0.25) is 10.0 Å². The van der Waals surface area contributed by atoms with E-state index in [0.29, 0.717) is 28.3 Å². The summed E-state index contributed by atoms with van der Waals surface area (Å²) in [6, 6.07) is 10.0. The molecule has 170 valence electrons. The van der Waals surface area contributed by atoms with Gasteiger partial charge in [-0.3, -0.25) is 9.59 Å². The predicted molar refractivity (Wildman–Crippen MR) is 118 cm³/mol. The highest BCUT2D eigenvalue weighted by atomic mass is 32.2. The second kappa shape index (κ2) is 8.44. The minimum absolute atomic E-state index is 0.129. The Labute approximate surface area is 187 Å². The smallest absolute Gasteiger partial charge is 0.265 e. The molecule has 10 heteroatoms. The third-order valence-corrected chi connectivity index (χ3v) is 7.73. The molecular weight excluding hydrogens is 434 g/mol. The Hall–Kier alpha value is -3.11. The molecule has 1 atom stereocenters. The van der Waals surface area contributed by atoms with Crippen LogP contribution in [0.25, 0.3) is 0 Å². The first-order valence-corrected chi connectivity index (χ1v) is 11.7. The highest BCUT2D eigenvalue weighted by Crippen LogP contribution is 2.35. The van der Waals surface area contributed by atoms with Crippen LogP contribution in [0.5, 0.6) is 11.5 Å². The number of carbonyl (C=O) groups excluding carboxylic acids is 2. The molecule has 2 aromatic rings. The third-order valence-electron chi connectivity index (χ3n) is 5.69. The van der Waals surface area contributed by atoms with Crippen LogP contribution in [0.15, 0.2) is 41.3 Å². The normalized spacial score (nSPS) is 19.0. The molecule has 2 heterocycles. The lowest BCUT2D eigenvalue weighted by Gasteiger charge is -2.34. The maximum atomic E-state index is 13.3. The van der Waals surface area contributed by atoms with Gasteiger partial charge in [0.15, 0.2) is 6.10 Å². The molecule has 1 fully saturated rings. The molecule has 0 radical (unpaired) electrons. The number of ether oxygens (including phenoxy) is 2. The Morgan fingerprint density at radius 3 is 2.53 bits per heavy atom. The molecule has 0 bridgehead atoms. The van der Waals surface area contributed by atoms with Crippen molar-refractivity contribution in [3.63, 3.8) is 0 Å². The van der Waals surface area contributed by atoms with E-state index in [0.717, 1.165) is 0 Å². The molecule has 0 aliphatic carbocycles. The summed E-state index contributed by atoms with van der Waals surface area (Å²) in [5, 5.41) is 2.73. The summed E-state index contributed by atoms with van der Waals surface area (Å²) in [4.78, 5) is 26.5. The standard InChI is InChI=1S/C22H25N3O6S/c1-14-12-17-19(31-15(2)21(26)23-17)13-20(14)32(28,29)25-10-8-24(9-11-25)22(27)16-6-4-5-7-18(16)30-3/h4-7,12-13,15H,8-11H2,1-3H3,(H,23,26)/t15-/m0/s1. The van der Waals surface area contributed by atoms with Gasteiger partial charge in [-0.25, -0.2) is 8.42 Å². The lowest BCUT2D eigenvalue weighted by molar-refractivity contribution is -0.122. The van der Waals surface area contributed by atoms with Crippen molar-refractivity contribution < 1.29 is 27.5 Å². The van der Waals surface area contributed by atoms with Gasteiger partial charge in [-0.05, 0) is 37.6 Å². The molecule has 1 saturated heterocycles. The maximum absolute atomic E-state index is 13.3. The average molecular weight is 460 g/mol. The van der Waals surface area contributed by atoms with Crippen molar-refractivity contribution in [3.8, 4) is 11.5 Å². The number of para-hydroxylation sites is 1. The van der Waals surface area contributed by atoms with E-state index < -0.39 is 16.1 Å². The topological polar surface area (TPSA) is 105 Å². The highest BCUT2D eigenvalue weighted by molar-refractivity contribution is 7.89. The molecule has 2 aliphatic rings. The number of nitrogens with zero attached hydrogens (tertiary/aromatic N) is 2. The number of piperazine rings is 1. The minimum Gasteiger partial charge on any atom is -0.496 e. The Kier molecular flexibility index (Phi) is 5.83. The Bertz CT molecular complexity index is 1170. The quantitative estimate of drug-likeness (QED) is 0.748. The number of hydrogen-bond donors (Lipinski definition) is 1. The summed E-state index contributed by atoms with van der Waals surface area (Å²) >= 11 is 0. The van der Waals surface area contributed by atoms with E-state index in [9.17, 15) is 18.0 Å². The van der Waals surface area contributed by atoms with E-state index in [1.807, 2.05) is 0 Å². The first-order chi connectivity index (χ1) is 15.2. The van der Waals surface area contributed by atoms with Crippen molar-refractivity contribution in [2.45, 2.75) is 24.8 Å². The van der Waals surface area contributed by atoms with Crippen LogP contribution in [0.3, 0.4) is 0 Å². The fourth-order valence-electron chi connectivity index (χ4n) is 3.88. The van der Waals surface area contributed by atoms with E-state index in [2.05, 4.69) is 5.32 Å². The molecule has 0 unspecified atom stereocenters. The Balaban J connectivity index is 1.52. The van der Waals surface area contributed by atoms with Gasteiger partial charge in [0.1, 0.15) is 11.5 Å². The predicted octanol–water partition coefficient (Wildman–Crippen LogP) is 1.87. The molecule has 32 heavy (non-hydrogen) atoms. The SMILES string of the molecule is COc1ccccc1C(=O)N1CCN(S(=O)(=O)c2cc3c(cc2C)NC(=O)[C@H](C)O3)CC1. The molecule has 2 amide bonds. The Morgan fingerprint density at radius 2 is 1.84 bits per heavy atom. The minimum atomic E-state index is -3.81. The van der Waals surface area contributed by atoms with Crippen molar-refractivity contribution in [2.24, 2.45) is 0 Å². The largest absolute Gasteiger partial charge is 0.496 e. The second-order valence-electron chi connectivity index (χ2n) is 7.76. The van der Waals surface area contributed by atoms with Crippen LogP contribution in [0.4, 0.5) is 5.69 Å². The molecular formula is C22H25N3O6S. The molecule has 9 nitrogen and oxygen atoms in total. The van der Waals surface area contributed by atoms with Crippen LogP contribution < -0.4 is 14.8 Å². The average Bonchev–Trinajstić information content (AvgIpc) is 2.79. The zero-order valence-corrected chi connectivity index (χ0v) is 18.9. The van der Waals surface area contributed by atoms with Gasteiger partial charge in [0.25, 0.3) is 11.8 Å². The van der Waals surface area contributed by atoms with Crippen LogP contribution >= 0.6 is 0 Å². The van der Waals surface area contributed by atoms with E-state index in [-0.39, 0.29) is 42.9 Å². The number of carbonyl (C=O) groups is 2. The first-order valence-electron chi connectivity index (χ1n) is 10.3. The van der Waals surface area contributed by atoms with E-state index in [1.165, 1.54) is 17.5 Å². The van der Waals surface area contributed by atoms with E-state index in [4.69, 9.17) is 9.47 Å². The fraction of sp³-hybridized carbons (Fsp3) is 0.364. The zero-order chi connectivity index (χ0) is 23.0. The molecule has 2 aromatic carbocycles. The number of hydrogen-bond acceptors (Lipinski definition) is 6. The molecule has 4 rings (SSSR count). The number of nitrogens with one attached hydrogen (secondary N) is 1. The maximum Gasteiger partial charge on any atom is 0.265 e. The monoisotopic (exact) mass is 459 g/mol. The first kappa shape index (κ1) is 22.1. The highest BCUT2D eigenvalue weighted by Gasteiger charge is 2.34. The van der Waals surface area contributed by atoms with Gasteiger partial charge in [-0.15, -0.1) is 0 Å². The number of anilines is 1. The van der Waals surface area contributed by atoms with Gasteiger partial charge in [-0.2, -0.15) is 4.31 Å². The van der Waals surface area contributed by atoms with Gasteiger partial charge >= 0.3 is 0 Å². The lowest BCUT2D eigenvalue weighted by atomic mass is 10.1. The van der Waals surface area contributed by atoms with Crippen molar-refractivity contribution in [2.75, 3.05) is 38.6 Å². The van der Waals surface area contributed by atoms with Crippen LogP contribution in [0.2, 0.25) is 0 Å². The summed E-state index contributed by atoms with van der Waals surface area (Å²) in [6.07, 6.45) is -0.703. The van der Waals surface area contributed by atoms with Crippen LogP contribution in [-0.2, 0) is 14.8 Å². The van der Waals surface area contributed by atoms with Gasteiger partial charge in [0.05, 0.1) is 23.3 Å². The third kappa shape index (κ3) is 3.91. The summed E-state index contributed by atoms with van der Waals surface area (Å²) < 4.78 is 38.9. The van der Waals surface area contributed by atoms with Crippen molar-refractivity contribution >= 4 is 27.5 Å². The lowest BCUT2D eigenvalue weighted by Crippen LogP contribution is -2.50. The Morgan fingerprint density at radius 1 is 1.16 bits per heavy atom. The number of fused-ring (bicyclic) bond motifs is 1. The number of amides is 2. The second-order valence-corrected chi connectivity index (χ2v) is 9.67. The van der Waals surface area contributed by atoms with E-state index >= 15 is 0 Å². The molecule has 0 aromatic heterocycles. The van der Waals surface area contributed by atoms with Crippen molar-refractivity contribution in [3.05, 3.63) is 47.5 Å². The van der Waals surface area contributed by atoms with Crippen molar-refractivity contribution in [1.82, 2.24) is 9.21 Å². The van der Waals surface area contributed by atoms with Crippen LogP contribution in [0.1, 0.15) is 22.8 Å². The summed E-state index contributed by atoms with van der Waals surface area (Å²) in [5.74, 6) is 0.343. The number of sulfonamides is 1. The summed E-state index contributed by atoms with van der Waals surface area (Å²) in [7, 11) is -2.30. The van der Waals surface area contributed by atoms with Gasteiger partial charge in [-0.1, -0.05) is 12.1 Å². The van der Waals surface area contributed by atoms with Gasteiger partial charge in [0, 0.05) is 32.2 Å². The summed E-state index contributed by atoms with van der Waals surface area (Å²) in [5.41, 5.74) is 1.41. The van der Waals surface area contributed by atoms with Crippen molar-refractivity contribution in [1.29, 1.82) is 0 Å². The molecule has 0 spiro atoms. The molecule has 1 N–H and O–H groups in total. The van der Waals surface area contributed by atoms with Crippen LogP contribution in [0, 0.1) is 6.92 Å². The number of aryl methyl sites for hydroxylation is 1. The summed E-state index contributed by atoms with van der Waals surface area (Å²) in [6.45, 7) is 4.16.